The third kappa shape index (κ3) is 2.54. The lowest BCUT2D eigenvalue weighted by molar-refractivity contribution is 0.101. The standard InChI is InChI=1S/C8H4Cl2FIO/c9-3-8(13)4-1-5(10)7(12)2-6(4)11/h1-2H,3H2. The van der Waals surface area contributed by atoms with E-state index in [1.54, 1.807) is 0 Å². The van der Waals surface area contributed by atoms with Crippen LogP contribution in [0.15, 0.2) is 12.1 Å². The van der Waals surface area contributed by atoms with E-state index in [1.165, 1.54) is 12.1 Å². The Hall–Kier alpha value is 0.130. The van der Waals surface area contributed by atoms with Crippen molar-refractivity contribution in [1.82, 2.24) is 0 Å². The summed E-state index contributed by atoms with van der Waals surface area (Å²) in [5, 5.41) is 0.357. The maximum atomic E-state index is 13.1. The number of carbonyl (C=O) groups is 1. The maximum Gasteiger partial charge on any atom is 0.180 e. The first-order chi connectivity index (χ1) is 6.06. The van der Waals surface area contributed by atoms with Crippen LogP contribution in [0.25, 0.3) is 0 Å². The summed E-state index contributed by atoms with van der Waals surface area (Å²) < 4.78 is 13.7. The van der Waals surface area contributed by atoms with Gasteiger partial charge in [0.15, 0.2) is 5.78 Å². The highest BCUT2D eigenvalue weighted by Gasteiger charge is 2.12. The predicted octanol–water partition coefficient (Wildman–Crippen LogP) is 3.51. The van der Waals surface area contributed by atoms with Crippen LogP contribution in [0, 0.1) is 9.39 Å². The SMILES string of the molecule is O=C(CCl)c1cc(Cl)c(I)cc1F. The van der Waals surface area contributed by atoms with Crippen molar-refractivity contribution in [2.24, 2.45) is 0 Å². The monoisotopic (exact) mass is 332 g/mol. The van der Waals surface area contributed by atoms with Gasteiger partial charge >= 0.3 is 0 Å². The first kappa shape index (κ1) is 11.2. The predicted molar refractivity (Wildman–Crippen MR) is 59.2 cm³/mol. The molecular weight excluding hydrogens is 329 g/mol. The van der Waals surface area contributed by atoms with Crippen LogP contribution in [-0.2, 0) is 0 Å². The van der Waals surface area contributed by atoms with Crippen LogP contribution in [0.2, 0.25) is 5.02 Å². The second-order valence-corrected chi connectivity index (χ2v) is 4.14. The minimum absolute atomic E-state index is 0.0552. The van der Waals surface area contributed by atoms with Crippen molar-refractivity contribution in [3.8, 4) is 0 Å². The molecule has 5 heteroatoms. The minimum Gasteiger partial charge on any atom is -0.293 e. The quantitative estimate of drug-likeness (QED) is 0.350. The molecule has 1 aromatic rings. The molecule has 0 saturated heterocycles. The van der Waals surface area contributed by atoms with Gasteiger partial charge in [0.2, 0.25) is 0 Å². The Morgan fingerprint density at radius 1 is 1.54 bits per heavy atom. The molecule has 0 aliphatic rings. The van der Waals surface area contributed by atoms with Gasteiger partial charge in [-0.2, -0.15) is 0 Å². The molecule has 0 saturated carbocycles. The Balaban J connectivity index is 3.23. The first-order valence-electron chi connectivity index (χ1n) is 3.30. The Bertz CT molecular complexity index is 354. The van der Waals surface area contributed by atoms with Crippen molar-refractivity contribution in [1.29, 1.82) is 0 Å². The Labute approximate surface area is 98.4 Å². The van der Waals surface area contributed by atoms with Gasteiger partial charge in [-0.3, -0.25) is 4.79 Å². The molecule has 0 aromatic heterocycles. The number of Topliss-reactive ketones (excluding diaryl/α,β-unsaturated/α-hetero) is 1. The summed E-state index contributed by atoms with van der Waals surface area (Å²) >= 11 is 12.9. The molecule has 0 fully saturated rings. The van der Waals surface area contributed by atoms with E-state index < -0.39 is 11.6 Å². The summed E-state index contributed by atoms with van der Waals surface area (Å²) in [6, 6.07) is 2.51. The average molecular weight is 333 g/mol. The van der Waals surface area contributed by atoms with Crippen LogP contribution < -0.4 is 0 Å². The summed E-state index contributed by atoms with van der Waals surface area (Å²) in [5.74, 6) is -1.29. The molecule has 0 aliphatic carbocycles. The summed E-state index contributed by atoms with van der Waals surface area (Å²) in [4.78, 5) is 11.1. The van der Waals surface area contributed by atoms with Gasteiger partial charge in [-0.05, 0) is 34.7 Å². The van der Waals surface area contributed by atoms with Gasteiger partial charge < -0.3 is 0 Å². The topological polar surface area (TPSA) is 17.1 Å². The zero-order chi connectivity index (χ0) is 10.0. The highest BCUT2D eigenvalue weighted by atomic mass is 127. The summed E-state index contributed by atoms with van der Waals surface area (Å²) in [6.07, 6.45) is 0. The van der Waals surface area contributed by atoms with Crippen molar-refractivity contribution in [3.63, 3.8) is 0 Å². The Kier molecular flexibility index (Phi) is 3.94. The molecule has 0 bridgehead atoms. The van der Waals surface area contributed by atoms with E-state index in [1.807, 2.05) is 22.6 Å². The molecule has 0 aliphatic heterocycles. The number of carbonyl (C=O) groups excluding carboxylic acids is 1. The summed E-state index contributed by atoms with van der Waals surface area (Å²) in [7, 11) is 0. The molecule has 1 rings (SSSR count). The van der Waals surface area contributed by atoms with E-state index in [9.17, 15) is 9.18 Å². The van der Waals surface area contributed by atoms with E-state index in [-0.39, 0.29) is 11.4 Å². The van der Waals surface area contributed by atoms with Crippen LogP contribution in [0.3, 0.4) is 0 Å². The zero-order valence-corrected chi connectivity index (χ0v) is 9.95. The minimum atomic E-state index is -0.584. The van der Waals surface area contributed by atoms with Gasteiger partial charge in [0, 0.05) is 3.57 Å². The molecule has 0 radical (unpaired) electrons. The molecule has 0 spiro atoms. The smallest absolute Gasteiger partial charge is 0.180 e. The van der Waals surface area contributed by atoms with Crippen LogP contribution in [0.1, 0.15) is 10.4 Å². The van der Waals surface area contributed by atoms with Crippen LogP contribution in [-0.4, -0.2) is 11.7 Å². The van der Waals surface area contributed by atoms with Gasteiger partial charge in [0.1, 0.15) is 5.82 Å². The molecular formula is C8H4Cl2FIO. The number of hydrogen-bond donors (Lipinski definition) is 0. The second kappa shape index (κ2) is 4.57. The summed E-state index contributed by atoms with van der Waals surface area (Å²) in [5.41, 5.74) is -0.0552. The van der Waals surface area contributed by atoms with E-state index in [2.05, 4.69) is 0 Å². The van der Waals surface area contributed by atoms with Crippen molar-refractivity contribution in [3.05, 3.63) is 32.1 Å². The fourth-order valence-electron chi connectivity index (χ4n) is 0.808. The van der Waals surface area contributed by atoms with Crippen molar-refractivity contribution in [2.45, 2.75) is 0 Å². The molecule has 0 atom stereocenters. The van der Waals surface area contributed by atoms with Crippen LogP contribution in [0.5, 0.6) is 0 Å². The Morgan fingerprint density at radius 3 is 2.69 bits per heavy atom. The first-order valence-corrected chi connectivity index (χ1v) is 5.29. The third-order valence-electron chi connectivity index (χ3n) is 1.43. The fraction of sp³-hybridized carbons (Fsp3) is 0.125. The van der Waals surface area contributed by atoms with E-state index in [0.717, 1.165) is 0 Å². The highest BCUT2D eigenvalue weighted by molar-refractivity contribution is 14.1. The van der Waals surface area contributed by atoms with E-state index in [4.69, 9.17) is 23.2 Å². The summed E-state index contributed by atoms with van der Waals surface area (Å²) in [6.45, 7) is 0. The van der Waals surface area contributed by atoms with Crippen molar-refractivity contribution in [2.75, 3.05) is 5.88 Å². The van der Waals surface area contributed by atoms with Gasteiger partial charge in [0.25, 0.3) is 0 Å². The van der Waals surface area contributed by atoms with Gasteiger partial charge in [-0.1, -0.05) is 11.6 Å². The number of halogens is 4. The number of rotatable bonds is 2. The molecule has 1 nitrogen and oxygen atoms in total. The molecule has 0 amide bonds. The number of ketones is 1. The number of benzene rings is 1. The van der Waals surface area contributed by atoms with Crippen LogP contribution >= 0.6 is 45.8 Å². The molecule has 0 unspecified atom stereocenters. The maximum absolute atomic E-state index is 13.1. The molecule has 0 N–H and O–H groups in total. The Morgan fingerprint density at radius 2 is 2.15 bits per heavy atom. The molecule has 0 heterocycles. The van der Waals surface area contributed by atoms with Gasteiger partial charge in [-0.15, -0.1) is 11.6 Å². The molecule has 1 aromatic carbocycles. The lowest BCUT2D eigenvalue weighted by Crippen LogP contribution is -2.04. The lowest BCUT2D eigenvalue weighted by Gasteiger charge is -2.02. The molecule has 13 heavy (non-hydrogen) atoms. The van der Waals surface area contributed by atoms with Gasteiger partial charge in [-0.25, -0.2) is 4.39 Å². The van der Waals surface area contributed by atoms with E-state index in [0.29, 0.717) is 8.59 Å². The number of alkyl halides is 1. The lowest BCUT2D eigenvalue weighted by atomic mass is 10.1. The zero-order valence-electron chi connectivity index (χ0n) is 6.28. The third-order valence-corrected chi connectivity index (χ3v) is 3.20. The normalized spacial score (nSPS) is 10.2. The van der Waals surface area contributed by atoms with Gasteiger partial charge in [0.05, 0.1) is 16.5 Å². The highest BCUT2D eigenvalue weighted by Crippen LogP contribution is 2.22. The second-order valence-electron chi connectivity index (χ2n) is 2.30. The van der Waals surface area contributed by atoms with Crippen molar-refractivity contribution < 1.29 is 9.18 Å². The fourth-order valence-corrected chi connectivity index (χ4v) is 1.54. The number of hydrogen-bond acceptors (Lipinski definition) is 1. The van der Waals surface area contributed by atoms with Crippen LogP contribution in [0.4, 0.5) is 4.39 Å². The van der Waals surface area contributed by atoms with Crippen molar-refractivity contribution >= 4 is 51.6 Å². The largest absolute Gasteiger partial charge is 0.293 e. The average Bonchev–Trinajstić information content (AvgIpc) is 2.10. The van der Waals surface area contributed by atoms with E-state index >= 15 is 0 Å². The molecule has 70 valence electrons.